The van der Waals surface area contributed by atoms with E-state index in [2.05, 4.69) is 11.4 Å². The lowest BCUT2D eigenvalue weighted by Gasteiger charge is -2.47. The van der Waals surface area contributed by atoms with Crippen LogP contribution in [0.15, 0.2) is 182 Å². The van der Waals surface area contributed by atoms with Crippen LogP contribution < -0.4 is 5.32 Å². The van der Waals surface area contributed by atoms with Crippen molar-refractivity contribution in [1.29, 1.82) is 5.26 Å². The Kier molecular flexibility index (Phi) is 25.7. The predicted molar refractivity (Wildman–Crippen MR) is 304 cm³/mol. The van der Waals surface area contributed by atoms with Crippen molar-refractivity contribution in [1.82, 2.24) is 5.32 Å². The lowest BCUT2D eigenvalue weighted by molar-refractivity contribution is -0.270. The first-order valence-electron chi connectivity index (χ1n) is 27.8. The third-order valence-electron chi connectivity index (χ3n) is 13.8. The predicted octanol–water partition coefficient (Wildman–Crippen LogP) is 9.64. The minimum Gasteiger partial charge on any atom is -0.387 e. The number of carbonyl (C=O) groups is 1. The van der Waals surface area contributed by atoms with Gasteiger partial charge < -0.3 is 53.1 Å². The number of carbonyl (C=O) groups excluding carboxylic acids is 1. The van der Waals surface area contributed by atoms with Gasteiger partial charge in [0.1, 0.15) is 61.0 Å². The Morgan fingerprint density at radius 1 is 0.488 bits per heavy atom. The van der Waals surface area contributed by atoms with Crippen LogP contribution in [0.3, 0.4) is 0 Å². The number of phosphoric acid groups is 1. The van der Waals surface area contributed by atoms with Crippen molar-refractivity contribution >= 4 is 13.7 Å². The van der Waals surface area contributed by atoms with Gasteiger partial charge in [-0.1, -0.05) is 182 Å². The van der Waals surface area contributed by atoms with Gasteiger partial charge in [0.25, 0.3) is 0 Å². The average Bonchev–Trinajstić information content (AvgIpc) is 3.65. The summed E-state index contributed by atoms with van der Waals surface area (Å²) in [5, 5.41) is 24.7. The number of nitrogens with one attached hydrogen (secondary N) is 1. The van der Waals surface area contributed by atoms with E-state index in [-0.39, 0.29) is 91.4 Å². The summed E-state index contributed by atoms with van der Waals surface area (Å²) in [5.41, 5.74) is 5.23. The molecule has 8 rings (SSSR count). The molecular weight excluding hydrogens is 1070 g/mol. The number of ether oxygens (including phenoxy) is 9. The van der Waals surface area contributed by atoms with E-state index in [0.29, 0.717) is 6.42 Å². The van der Waals surface area contributed by atoms with E-state index in [1.165, 1.54) is 0 Å². The molecule has 2 heterocycles. The Morgan fingerprint density at radius 3 is 1.33 bits per heavy atom. The molecule has 18 heteroatoms. The fourth-order valence-corrected chi connectivity index (χ4v) is 10.9. The van der Waals surface area contributed by atoms with Gasteiger partial charge in [-0.15, -0.1) is 0 Å². The molecule has 0 radical (unpaired) electrons. The van der Waals surface area contributed by atoms with Crippen molar-refractivity contribution < 1.29 is 70.7 Å². The Balaban J connectivity index is 1.13. The summed E-state index contributed by atoms with van der Waals surface area (Å²) in [6, 6.07) is 59.6. The molecule has 2 N–H and O–H groups in total. The molecule has 0 spiro atoms. The fourth-order valence-electron chi connectivity index (χ4n) is 9.52. The molecule has 11 atom stereocenters. The van der Waals surface area contributed by atoms with E-state index in [4.69, 9.17) is 56.2 Å². The number of aliphatic hydroxyl groups excluding tert-OH is 1. The Hall–Kier alpha value is -6.01. The van der Waals surface area contributed by atoms with E-state index < -0.39 is 75.5 Å². The number of rotatable bonds is 34. The van der Waals surface area contributed by atoms with Crippen LogP contribution in [0, 0.1) is 11.3 Å². The van der Waals surface area contributed by atoms with Gasteiger partial charge in [0.2, 0.25) is 5.91 Å². The Morgan fingerprint density at radius 2 is 0.866 bits per heavy atom. The van der Waals surface area contributed by atoms with Crippen molar-refractivity contribution in [2.75, 3.05) is 46.7 Å². The van der Waals surface area contributed by atoms with E-state index in [0.717, 1.165) is 33.4 Å². The first-order valence-corrected chi connectivity index (χ1v) is 29.3. The minimum atomic E-state index is -4.85. The molecule has 436 valence electrons. The highest BCUT2D eigenvalue weighted by molar-refractivity contribution is 7.48. The number of hydrogen-bond donors (Lipinski definition) is 2. The van der Waals surface area contributed by atoms with Crippen molar-refractivity contribution in [2.45, 2.75) is 120 Å². The molecule has 2 aliphatic heterocycles. The molecule has 0 bridgehead atoms. The number of aliphatic hydroxyl groups is 1. The molecule has 7 unspecified atom stereocenters. The molecule has 2 fully saturated rings. The summed E-state index contributed by atoms with van der Waals surface area (Å²) >= 11 is 0. The molecule has 6 aromatic carbocycles. The van der Waals surface area contributed by atoms with Crippen molar-refractivity contribution in [3.63, 3.8) is 0 Å². The zero-order valence-corrected chi connectivity index (χ0v) is 47.2. The maximum atomic E-state index is 15.9. The lowest BCUT2D eigenvalue weighted by Crippen LogP contribution is -2.62. The molecular formula is C64H75N2O15P. The second kappa shape index (κ2) is 33.9. The van der Waals surface area contributed by atoms with E-state index in [9.17, 15) is 15.2 Å². The molecule has 82 heavy (non-hydrogen) atoms. The van der Waals surface area contributed by atoms with Gasteiger partial charge in [-0.25, -0.2) is 4.57 Å². The standard InChI is InChI=1S/C64H75N2O15P/c1-66-58(67)34-20-36-70-45-55-61(74-41-51-28-14-5-15-29-51)64(76-43-53-32-18-7-19-33-53)62(56(80-55)46-72-39-49-24-10-3-11-25-49)81-82(69,77-37-21-35-65)78-47-57-60(73-40-50-26-12-4-13-27-50)63(75-42-52-30-16-6-17-31-52)59(68)54(79-57)44-71-38-48-22-8-2-9-23-48/h2-19,22-33,54-57,59-64,68H,20-21,34,36-47H2,1H3,(H,66,67)/t54-,55-,56+,57+,59?,60?,61?,62?,63?,64?,82?/m0/s1. The van der Waals surface area contributed by atoms with Crippen molar-refractivity contribution in [3.8, 4) is 6.07 Å². The van der Waals surface area contributed by atoms with Crippen LogP contribution >= 0.6 is 7.82 Å². The van der Waals surface area contributed by atoms with Crippen molar-refractivity contribution in [3.05, 3.63) is 215 Å². The highest BCUT2D eigenvalue weighted by atomic mass is 31.2. The topological polar surface area (TPSA) is 201 Å². The Bertz CT molecular complexity index is 2810. The van der Waals surface area contributed by atoms with E-state index in [1.54, 1.807) is 7.05 Å². The van der Waals surface area contributed by atoms with Gasteiger partial charge in [0.05, 0.1) is 85.2 Å². The fraction of sp³-hybridized carbons (Fsp3) is 0.406. The smallest absolute Gasteiger partial charge is 0.387 e. The van der Waals surface area contributed by atoms with Gasteiger partial charge in [-0.05, 0) is 39.8 Å². The zero-order chi connectivity index (χ0) is 57.0. The third kappa shape index (κ3) is 19.8. The number of nitrogens with zero attached hydrogens (tertiary/aromatic N) is 1. The summed E-state index contributed by atoms with van der Waals surface area (Å²) in [6.07, 6.45) is -9.95. The van der Waals surface area contributed by atoms with Crippen LogP contribution in [-0.2, 0) is 105 Å². The van der Waals surface area contributed by atoms with Crippen LogP contribution in [0.1, 0.15) is 52.6 Å². The number of amides is 1. The summed E-state index contributed by atoms with van der Waals surface area (Å²) in [7, 11) is -3.27. The number of hydrogen-bond acceptors (Lipinski definition) is 16. The van der Waals surface area contributed by atoms with Gasteiger partial charge in [-0.3, -0.25) is 18.4 Å². The lowest BCUT2D eigenvalue weighted by atomic mass is 9.94. The molecule has 1 amide bonds. The molecule has 2 saturated heterocycles. The molecule has 2 aliphatic rings. The maximum Gasteiger partial charge on any atom is 0.475 e. The van der Waals surface area contributed by atoms with Crippen LogP contribution in [0.5, 0.6) is 0 Å². The largest absolute Gasteiger partial charge is 0.475 e. The monoisotopic (exact) mass is 1140 g/mol. The third-order valence-corrected chi connectivity index (χ3v) is 15.2. The number of nitriles is 1. The molecule has 17 nitrogen and oxygen atoms in total. The highest BCUT2D eigenvalue weighted by Crippen LogP contribution is 2.53. The maximum absolute atomic E-state index is 15.9. The number of phosphoric ester groups is 1. The Labute approximate surface area is 481 Å². The SMILES string of the molecule is CNC(=O)CCCOC[C@@H]1O[C@H](COCc2ccccc2)C(OP(=O)(OCCC#N)OC[C@H]2O[C@@H](COCc3ccccc3)C(O)C(OCc3ccccc3)C2OCc2ccccc2)C(OCc2ccccc2)C1OCc1ccccc1. The van der Waals surface area contributed by atoms with Crippen LogP contribution in [-0.4, -0.2) is 119 Å². The normalized spacial score (nSPS) is 23.3. The average molecular weight is 1140 g/mol. The second-order valence-electron chi connectivity index (χ2n) is 19.9. The summed E-state index contributed by atoms with van der Waals surface area (Å²) in [6.45, 7) is 0.150. The van der Waals surface area contributed by atoms with Crippen LogP contribution in [0.4, 0.5) is 0 Å². The summed E-state index contributed by atoms with van der Waals surface area (Å²) in [5.74, 6) is -0.109. The van der Waals surface area contributed by atoms with Gasteiger partial charge in [-0.2, -0.15) is 5.26 Å². The quantitative estimate of drug-likeness (QED) is 0.0285. The second-order valence-corrected chi connectivity index (χ2v) is 21.5. The summed E-state index contributed by atoms with van der Waals surface area (Å²) < 4.78 is 94.8. The molecule has 0 saturated carbocycles. The first-order chi connectivity index (χ1) is 40.3. The van der Waals surface area contributed by atoms with Gasteiger partial charge in [0, 0.05) is 20.1 Å². The van der Waals surface area contributed by atoms with E-state index >= 15 is 4.57 Å². The van der Waals surface area contributed by atoms with Crippen molar-refractivity contribution in [2.24, 2.45) is 0 Å². The number of benzene rings is 6. The highest BCUT2D eigenvalue weighted by Gasteiger charge is 2.53. The van der Waals surface area contributed by atoms with Crippen LogP contribution in [0.2, 0.25) is 0 Å². The molecule has 0 aliphatic carbocycles. The molecule has 6 aromatic rings. The zero-order valence-electron chi connectivity index (χ0n) is 46.3. The molecule has 0 aromatic heterocycles. The first kappa shape index (κ1) is 62.0. The van der Waals surface area contributed by atoms with Gasteiger partial charge in [0.15, 0.2) is 0 Å². The minimum absolute atomic E-state index is 0.0200. The van der Waals surface area contributed by atoms with Crippen LogP contribution in [0.25, 0.3) is 0 Å². The summed E-state index contributed by atoms with van der Waals surface area (Å²) in [4.78, 5) is 12.1. The van der Waals surface area contributed by atoms with Gasteiger partial charge >= 0.3 is 7.82 Å². The van der Waals surface area contributed by atoms with E-state index in [1.807, 2.05) is 182 Å².